The number of carboxylic acid groups (broad SMARTS) is 1. The Bertz CT molecular complexity index is 453. The lowest BCUT2D eigenvalue weighted by Gasteiger charge is -2.20. The first kappa shape index (κ1) is 14.8. The van der Waals surface area contributed by atoms with Gasteiger partial charge in [0.15, 0.2) is 0 Å². The Morgan fingerprint density at radius 2 is 2.06 bits per heavy atom. The standard InChI is InChI=1S/C14H19ClO3/c1-5-10-6-9(7-11(15)12(10)18-4)8-14(2,3)13(16)17/h6-7H,5,8H2,1-4H3,(H,16,17). The van der Waals surface area contributed by atoms with Gasteiger partial charge in [-0.05, 0) is 43.9 Å². The Balaban J connectivity index is 3.13. The van der Waals surface area contributed by atoms with Crippen LogP contribution in [0.3, 0.4) is 0 Å². The Labute approximate surface area is 113 Å². The SMILES string of the molecule is CCc1cc(CC(C)(C)C(=O)O)cc(Cl)c1OC. The highest BCUT2D eigenvalue weighted by Gasteiger charge is 2.27. The van der Waals surface area contributed by atoms with E-state index in [0.717, 1.165) is 17.5 Å². The number of carboxylic acids is 1. The third kappa shape index (κ3) is 3.16. The highest BCUT2D eigenvalue weighted by molar-refractivity contribution is 6.32. The van der Waals surface area contributed by atoms with Crippen LogP contribution in [0.1, 0.15) is 31.9 Å². The summed E-state index contributed by atoms with van der Waals surface area (Å²) in [6.45, 7) is 5.43. The van der Waals surface area contributed by atoms with Gasteiger partial charge in [0, 0.05) is 0 Å². The van der Waals surface area contributed by atoms with E-state index in [-0.39, 0.29) is 0 Å². The van der Waals surface area contributed by atoms with Crippen molar-refractivity contribution in [3.05, 3.63) is 28.3 Å². The maximum absolute atomic E-state index is 11.1. The third-order valence-electron chi connectivity index (χ3n) is 2.99. The van der Waals surface area contributed by atoms with Gasteiger partial charge >= 0.3 is 5.97 Å². The minimum atomic E-state index is -0.813. The molecule has 4 heteroatoms. The van der Waals surface area contributed by atoms with Gasteiger partial charge in [-0.3, -0.25) is 4.79 Å². The van der Waals surface area contributed by atoms with Crippen LogP contribution in [0.2, 0.25) is 5.02 Å². The maximum atomic E-state index is 11.1. The number of methoxy groups -OCH3 is 1. The molecule has 3 nitrogen and oxygen atoms in total. The molecule has 0 aliphatic rings. The van der Waals surface area contributed by atoms with Gasteiger partial charge in [0.2, 0.25) is 0 Å². The van der Waals surface area contributed by atoms with Crippen LogP contribution >= 0.6 is 11.6 Å². The normalized spacial score (nSPS) is 11.4. The first-order valence-corrected chi connectivity index (χ1v) is 6.28. The van der Waals surface area contributed by atoms with Crippen LogP contribution in [-0.4, -0.2) is 18.2 Å². The van der Waals surface area contributed by atoms with E-state index >= 15 is 0 Å². The maximum Gasteiger partial charge on any atom is 0.309 e. The van der Waals surface area contributed by atoms with Crippen molar-refractivity contribution in [1.82, 2.24) is 0 Å². The topological polar surface area (TPSA) is 46.5 Å². The zero-order chi connectivity index (χ0) is 13.9. The molecular formula is C14H19ClO3. The number of aliphatic carboxylic acids is 1. The van der Waals surface area contributed by atoms with E-state index in [0.29, 0.717) is 17.2 Å². The number of halogens is 1. The number of rotatable bonds is 5. The van der Waals surface area contributed by atoms with Crippen molar-refractivity contribution >= 4 is 17.6 Å². The number of carbonyl (C=O) groups is 1. The van der Waals surface area contributed by atoms with Gasteiger partial charge < -0.3 is 9.84 Å². The van der Waals surface area contributed by atoms with Crippen molar-refractivity contribution in [2.75, 3.05) is 7.11 Å². The Kier molecular flexibility index (Phi) is 4.63. The molecular weight excluding hydrogens is 252 g/mol. The average Bonchev–Trinajstić information content (AvgIpc) is 2.27. The summed E-state index contributed by atoms with van der Waals surface area (Å²) >= 11 is 6.15. The molecule has 0 spiro atoms. The van der Waals surface area contributed by atoms with E-state index in [1.54, 1.807) is 27.0 Å². The minimum absolute atomic E-state index is 0.443. The van der Waals surface area contributed by atoms with Crippen molar-refractivity contribution in [2.45, 2.75) is 33.6 Å². The highest BCUT2D eigenvalue weighted by atomic mass is 35.5. The summed E-state index contributed by atoms with van der Waals surface area (Å²) in [4.78, 5) is 11.1. The second-order valence-electron chi connectivity index (χ2n) is 4.99. The van der Waals surface area contributed by atoms with Crippen molar-refractivity contribution < 1.29 is 14.6 Å². The lowest BCUT2D eigenvalue weighted by molar-refractivity contribution is -0.146. The van der Waals surface area contributed by atoms with E-state index in [9.17, 15) is 4.79 Å². The van der Waals surface area contributed by atoms with Crippen molar-refractivity contribution in [2.24, 2.45) is 5.41 Å². The van der Waals surface area contributed by atoms with Gasteiger partial charge in [-0.1, -0.05) is 24.6 Å². The van der Waals surface area contributed by atoms with Crippen LogP contribution < -0.4 is 4.74 Å². The van der Waals surface area contributed by atoms with Crippen LogP contribution in [0.4, 0.5) is 0 Å². The molecule has 18 heavy (non-hydrogen) atoms. The van der Waals surface area contributed by atoms with Crippen LogP contribution in [0.5, 0.6) is 5.75 Å². The predicted octanol–water partition coefficient (Wildman–Crippen LogP) is 3.56. The van der Waals surface area contributed by atoms with Gasteiger partial charge in [-0.15, -0.1) is 0 Å². The fourth-order valence-corrected chi connectivity index (χ4v) is 2.23. The largest absolute Gasteiger partial charge is 0.495 e. The molecule has 0 aliphatic carbocycles. The predicted molar refractivity (Wildman–Crippen MR) is 72.5 cm³/mol. The van der Waals surface area contributed by atoms with E-state index < -0.39 is 11.4 Å². The fraction of sp³-hybridized carbons (Fsp3) is 0.500. The summed E-state index contributed by atoms with van der Waals surface area (Å²) < 4.78 is 5.25. The first-order chi connectivity index (χ1) is 8.31. The summed E-state index contributed by atoms with van der Waals surface area (Å²) in [6, 6.07) is 3.75. The molecule has 0 atom stereocenters. The van der Waals surface area contributed by atoms with Crippen LogP contribution in [0.25, 0.3) is 0 Å². The molecule has 0 unspecified atom stereocenters. The zero-order valence-electron chi connectivity index (χ0n) is 11.2. The van der Waals surface area contributed by atoms with Crippen LogP contribution in [-0.2, 0) is 17.6 Å². The number of benzene rings is 1. The number of ether oxygens (including phenoxy) is 1. The molecule has 0 saturated carbocycles. The van der Waals surface area contributed by atoms with Gasteiger partial charge in [0.05, 0.1) is 17.5 Å². The summed E-state index contributed by atoms with van der Waals surface area (Å²) in [5.41, 5.74) is 1.12. The van der Waals surface area contributed by atoms with Gasteiger partial charge in [0.25, 0.3) is 0 Å². The first-order valence-electron chi connectivity index (χ1n) is 5.90. The lowest BCUT2D eigenvalue weighted by Crippen LogP contribution is -2.26. The van der Waals surface area contributed by atoms with Crippen molar-refractivity contribution in [3.63, 3.8) is 0 Å². The molecule has 100 valence electrons. The van der Waals surface area contributed by atoms with Crippen molar-refractivity contribution in [1.29, 1.82) is 0 Å². The summed E-state index contributed by atoms with van der Waals surface area (Å²) in [5, 5.41) is 9.68. The van der Waals surface area contributed by atoms with E-state index in [1.165, 1.54) is 0 Å². The number of hydrogen-bond acceptors (Lipinski definition) is 2. The third-order valence-corrected chi connectivity index (χ3v) is 3.27. The monoisotopic (exact) mass is 270 g/mol. The Morgan fingerprint density at radius 3 is 2.50 bits per heavy atom. The molecule has 0 heterocycles. The van der Waals surface area contributed by atoms with Gasteiger partial charge in [-0.2, -0.15) is 0 Å². The van der Waals surface area contributed by atoms with E-state index in [1.807, 2.05) is 13.0 Å². The van der Waals surface area contributed by atoms with Gasteiger partial charge in [-0.25, -0.2) is 0 Å². The molecule has 0 fully saturated rings. The summed E-state index contributed by atoms with van der Waals surface area (Å²) in [5.74, 6) is -0.136. The molecule has 1 aromatic rings. The molecule has 0 amide bonds. The van der Waals surface area contributed by atoms with E-state index in [4.69, 9.17) is 21.4 Å². The average molecular weight is 271 g/mol. The molecule has 1 N–H and O–H groups in total. The second-order valence-corrected chi connectivity index (χ2v) is 5.40. The Hall–Kier alpha value is -1.22. The minimum Gasteiger partial charge on any atom is -0.495 e. The zero-order valence-corrected chi connectivity index (χ0v) is 12.0. The quantitative estimate of drug-likeness (QED) is 0.890. The Morgan fingerprint density at radius 1 is 1.44 bits per heavy atom. The molecule has 0 bridgehead atoms. The van der Waals surface area contributed by atoms with E-state index in [2.05, 4.69) is 0 Å². The molecule has 0 aromatic heterocycles. The number of aryl methyl sites for hydroxylation is 1. The summed E-state index contributed by atoms with van der Waals surface area (Å²) in [6.07, 6.45) is 1.24. The number of hydrogen-bond donors (Lipinski definition) is 1. The lowest BCUT2D eigenvalue weighted by atomic mass is 9.85. The molecule has 1 rings (SSSR count). The van der Waals surface area contributed by atoms with Crippen molar-refractivity contribution in [3.8, 4) is 5.75 Å². The fourth-order valence-electron chi connectivity index (χ4n) is 1.89. The molecule has 1 aromatic carbocycles. The van der Waals surface area contributed by atoms with Crippen LogP contribution in [0, 0.1) is 5.41 Å². The molecule has 0 aliphatic heterocycles. The smallest absolute Gasteiger partial charge is 0.309 e. The molecule has 0 radical (unpaired) electrons. The molecule has 0 saturated heterocycles. The summed E-state index contributed by atoms with van der Waals surface area (Å²) in [7, 11) is 1.58. The van der Waals surface area contributed by atoms with Crippen LogP contribution in [0.15, 0.2) is 12.1 Å². The second kappa shape index (κ2) is 5.61. The highest BCUT2D eigenvalue weighted by Crippen LogP contribution is 2.33. The van der Waals surface area contributed by atoms with Gasteiger partial charge in [0.1, 0.15) is 5.75 Å².